The van der Waals surface area contributed by atoms with E-state index in [2.05, 4.69) is 23.5 Å². The van der Waals surface area contributed by atoms with Gasteiger partial charge in [0.15, 0.2) is 0 Å². The van der Waals surface area contributed by atoms with Crippen LogP contribution in [-0.2, 0) is 6.54 Å². The Bertz CT molecular complexity index is 321. The Kier molecular flexibility index (Phi) is 4.67. The maximum absolute atomic E-state index is 4.48. The van der Waals surface area contributed by atoms with Crippen molar-refractivity contribution in [2.24, 2.45) is 0 Å². The molecule has 1 saturated carbocycles. The number of rotatable bonds is 7. The molecular weight excluding hydrogens is 236 g/mol. The van der Waals surface area contributed by atoms with Gasteiger partial charge in [-0.1, -0.05) is 6.92 Å². The van der Waals surface area contributed by atoms with Gasteiger partial charge in [0.2, 0.25) is 0 Å². The van der Waals surface area contributed by atoms with Crippen molar-refractivity contribution in [1.82, 2.24) is 10.3 Å². The monoisotopic (exact) mass is 256 g/mol. The van der Waals surface area contributed by atoms with Crippen LogP contribution in [-0.4, -0.2) is 23.0 Å². The van der Waals surface area contributed by atoms with Crippen molar-refractivity contribution >= 4 is 23.1 Å². The van der Waals surface area contributed by atoms with Gasteiger partial charge in [0.25, 0.3) is 0 Å². The number of hydrogen-bond donors (Lipinski definition) is 1. The number of nitrogens with zero attached hydrogens (tertiary/aromatic N) is 1. The zero-order chi connectivity index (χ0) is 11.4. The van der Waals surface area contributed by atoms with Crippen molar-refractivity contribution in [3.8, 4) is 0 Å². The average molecular weight is 256 g/mol. The lowest BCUT2D eigenvalue weighted by Crippen LogP contribution is -2.16. The topological polar surface area (TPSA) is 24.9 Å². The molecule has 1 aliphatic rings. The van der Waals surface area contributed by atoms with Gasteiger partial charge in [-0.15, -0.1) is 11.3 Å². The highest BCUT2D eigenvalue weighted by Gasteiger charge is 2.26. The van der Waals surface area contributed by atoms with Gasteiger partial charge in [0.1, 0.15) is 0 Å². The third-order valence-corrected chi connectivity index (χ3v) is 5.13. The van der Waals surface area contributed by atoms with Crippen molar-refractivity contribution in [3.05, 3.63) is 16.1 Å². The summed E-state index contributed by atoms with van der Waals surface area (Å²) in [5, 5.41) is 5.61. The third kappa shape index (κ3) is 3.75. The van der Waals surface area contributed by atoms with Gasteiger partial charge < -0.3 is 5.32 Å². The van der Waals surface area contributed by atoms with E-state index in [-0.39, 0.29) is 0 Å². The van der Waals surface area contributed by atoms with E-state index in [1.807, 2.05) is 29.3 Å². The fourth-order valence-corrected chi connectivity index (χ4v) is 2.97. The van der Waals surface area contributed by atoms with Crippen molar-refractivity contribution in [2.45, 2.75) is 43.9 Å². The second kappa shape index (κ2) is 6.03. The fraction of sp³-hybridized carbons (Fsp3) is 0.750. The number of thiazole rings is 1. The quantitative estimate of drug-likeness (QED) is 0.758. The zero-order valence-corrected chi connectivity index (χ0v) is 11.7. The Morgan fingerprint density at radius 3 is 3.12 bits per heavy atom. The van der Waals surface area contributed by atoms with Crippen LogP contribution in [0.5, 0.6) is 0 Å². The van der Waals surface area contributed by atoms with Crippen molar-refractivity contribution in [3.63, 3.8) is 0 Å². The first kappa shape index (κ1) is 12.4. The van der Waals surface area contributed by atoms with Gasteiger partial charge in [0.05, 0.1) is 5.01 Å². The minimum absolute atomic E-state index is 0.760. The van der Waals surface area contributed by atoms with E-state index in [9.17, 15) is 0 Å². The van der Waals surface area contributed by atoms with Gasteiger partial charge in [-0.2, -0.15) is 11.8 Å². The second-order valence-electron chi connectivity index (χ2n) is 4.45. The molecule has 2 nitrogen and oxygen atoms in total. The molecule has 1 N–H and O–H groups in total. The normalized spacial score (nSPS) is 17.6. The molecule has 0 amide bonds. The van der Waals surface area contributed by atoms with Crippen LogP contribution < -0.4 is 5.32 Å². The summed E-state index contributed by atoms with van der Waals surface area (Å²) in [5.74, 6) is 0.801. The highest BCUT2D eigenvalue weighted by Crippen LogP contribution is 2.41. The smallest absolute Gasteiger partial charge is 0.0959 e. The molecule has 0 aromatic carbocycles. The lowest BCUT2D eigenvalue weighted by atomic mass is 10.3. The summed E-state index contributed by atoms with van der Waals surface area (Å²) in [6.07, 6.45) is 8.17. The Labute approximate surface area is 106 Å². The van der Waals surface area contributed by atoms with E-state index in [4.69, 9.17) is 0 Å². The van der Waals surface area contributed by atoms with Crippen LogP contribution >= 0.6 is 23.1 Å². The van der Waals surface area contributed by atoms with Crippen LogP contribution in [0.3, 0.4) is 0 Å². The molecule has 1 aliphatic carbocycles. The molecule has 4 heteroatoms. The number of aromatic nitrogens is 1. The van der Waals surface area contributed by atoms with Gasteiger partial charge in [-0.25, -0.2) is 4.98 Å². The van der Waals surface area contributed by atoms with Crippen LogP contribution in [0, 0.1) is 0 Å². The minimum atomic E-state index is 0.760. The van der Waals surface area contributed by atoms with Crippen LogP contribution in [0.2, 0.25) is 0 Å². The number of hydrogen-bond acceptors (Lipinski definition) is 4. The molecule has 1 heterocycles. The lowest BCUT2D eigenvalue weighted by molar-refractivity contribution is 0.652. The molecule has 1 atom stereocenters. The molecule has 16 heavy (non-hydrogen) atoms. The van der Waals surface area contributed by atoms with E-state index < -0.39 is 0 Å². The van der Waals surface area contributed by atoms with Crippen molar-refractivity contribution in [2.75, 3.05) is 12.8 Å². The number of nitrogens with one attached hydrogen (secondary N) is 1. The van der Waals surface area contributed by atoms with E-state index in [0.717, 1.165) is 24.3 Å². The van der Waals surface area contributed by atoms with Crippen LogP contribution in [0.15, 0.2) is 6.20 Å². The summed E-state index contributed by atoms with van der Waals surface area (Å²) in [6.45, 7) is 4.38. The molecule has 1 unspecified atom stereocenters. The SMILES string of the molecule is CSC(C)CCNCc1cnc(C2CC2)s1. The summed E-state index contributed by atoms with van der Waals surface area (Å²) in [4.78, 5) is 5.87. The maximum Gasteiger partial charge on any atom is 0.0959 e. The number of thioether (sulfide) groups is 1. The van der Waals surface area contributed by atoms with Crippen molar-refractivity contribution < 1.29 is 0 Å². The summed E-state index contributed by atoms with van der Waals surface area (Å²) < 4.78 is 0. The Morgan fingerprint density at radius 2 is 2.44 bits per heavy atom. The third-order valence-electron chi connectivity index (χ3n) is 2.93. The summed E-state index contributed by atoms with van der Waals surface area (Å²) in [6, 6.07) is 0. The van der Waals surface area contributed by atoms with E-state index in [0.29, 0.717) is 0 Å². The molecule has 0 bridgehead atoms. The Balaban J connectivity index is 1.64. The van der Waals surface area contributed by atoms with Crippen LogP contribution in [0.4, 0.5) is 0 Å². The summed E-state index contributed by atoms with van der Waals surface area (Å²) in [5.41, 5.74) is 0. The molecule has 1 fully saturated rings. The molecule has 2 rings (SSSR count). The molecule has 0 saturated heterocycles. The summed E-state index contributed by atoms with van der Waals surface area (Å²) in [7, 11) is 0. The Hall–Kier alpha value is -0.0600. The Morgan fingerprint density at radius 1 is 1.62 bits per heavy atom. The summed E-state index contributed by atoms with van der Waals surface area (Å²) >= 11 is 3.83. The van der Waals surface area contributed by atoms with E-state index >= 15 is 0 Å². The molecule has 1 aromatic rings. The first-order chi connectivity index (χ1) is 7.79. The molecule has 90 valence electrons. The standard InChI is InChI=1S/C12H20N2S2/c1-9(15-2)5-6-13-7-11-8-14-12(16-11)10-3-4-10/h8-10,13H,3-7H2,1-2H3. The highest BCUT2D eigenvalue weighted by atomic mass is 32.2. The predicted octanol–water partition coefficient (Wildman–Crippen LogP) is 3.25. The van der Waals surface area contributed by atoms with Gasteiger partial charge in [-0.3, -0.25) is 0 Å². The van der Waals surface area contributed by atoms with Gasteiger partial charge >= 0.3 is 0 Å². The van der Waals surface area contributed by atoms with Crippen LogP contribution in [0.1, 0.15) is 42.0 Å². The fourth-order valence-electron chi connectivity index (χ4n) is 1.56. The second-order valence-corrected chi connectivity index (χ2v) is 6.87. The lowest BCUT2D eigenvalue weighted by Gasteiger charge is -2.07. The molecule has 1 aromatic heterocycles. The molecule has 0 spiro atoms. The molecule has 0 radical (unpaired) electrons. The highest BCUT2D eigenvalue weighted by molar-refractivity contribution is 7.99. The van der Waals surface area contributed by atoms with Gasteiger partial charge in [-0.05, 0) is 32.1 Å². The van der Waals surface area contributed by atoms with E-state index in [1.165, 1.54) is 29.1 Å². The van der Waals surface area contributed by atoms with Crippen LogP contribution in [0.25, 0.3) is 0 Å². The largest absolute Gasteiger partial charge is 0.312 e. The zero-order valence-electron chi connectivity index (χ0n) is 10.0. The predicted molar refractivity (Wildman–Crippen MR) is 73.4 cm³/mol. The molecule has 0 aliphatic heterocycles. The first-order valence-corrected chi connectivity index (χ1v) is 8.08. The molecular formula is C12H20N2S2. The minimum Gasteiger partial charge on any atom is -0.312 e. The van der Waals surface area contributed by atoms with Crippen molar-refractivity contribution in [1.29, 1.82) is 0 Å². The van der Waals surface area contributed by atoms with E-state index in [1.54, 1.807) is 0 Å². The maximum atomic E-state index is 4.48. The average Bonchev–Trinajstić information content (AvgIpc) is 3.05. The van der Waals surface area contributed by atoms with Gasteiger partial charge in [0, 0.05) is 28.8 Å². The first-order valence-electron chi connectivity index (χ1n) is 5.97.